The predicted molar refractivity (Wildman–Crippen MR) is 106 cm³/mol. The van der Waals surface area contributed by atoms with Crippen LogP contribution in [0, 0.1) is 0 Å². The van der Waals surface area contributed by atoms with Crippen molar-refractivity contribution in [2.75, 3.05) is 26.3 Å². The highest BCUT2D eigenvalue weighted by atomic mass is 19.3. The fraction of sp³-hybridized carbons (Fsp3) is 0.350. The summed E-state index contributed by atoms with van der Waals surface area (Å²) < 4.78 is 31.8. The quantitative estimate of drug-likeness (QED) is 0.732. The minimum Gasteiger partial charge on any atom is -0.379 e. The number of nitrogens with zero attached hydrogens (tertiary/aromatic N) is 5. The summed E-state index contributed by atoms with van der Waals surface area (Å²) in [6.07, 6.45) is 7.49. The van der Waals surface area contributed by atoms with Gasteiger partial charge in [0.05, 0.1) is 30.6 Å². The third kappa shape index (κ3) is 3.47. The lowest BCUT2D eigenvalue weighted by Gasteiger charge is -2.33. The number of halogens is 2. The molecule has 1 atom stereocenters. The SMILES string of the molecule is FC(F)n1cc(-c2ccc3[nH]nc(C4=CC=NC(N5CCOCC5)C4)c3c2)cn1. The van der Waals surface area contributed by atoms with E-state index in [9.17, 15) is 8.78 Å². The smallest absolute Gasteiger partial charge is 0.333 e. The maximum Gasteiger partial charge on any atom is 0.333 e. The minimum atomic E-state index is -2.65. The molecule has 1 aromatic carbocycles. The van der Waals surface area contributed by atoms with Gasteiger partial charge in [-0.25, -0.2) is 4.68 Å². The second-order valence-electron chi connectivity index (χ2n) is 7.14. The van der Waals surface area contributed by atoms with Crippen molar-refractivity contribution in [3.05, 3.63) is 42.4 Å². The highest BCUT2D eigenvalue weighted by Gasteiger charge is 2.24. The molecule has 2 aromatic heterocycles. The Labute approximate surface area is 165 Å². The normalized spacial score (nSPS) is 20.5. The number of hydrogen-bond donors (Lipinski definition) is 1. The molecule has 0 radical (unpaired) electrons. The number of ether oxygens (including phenoxy) is 1. The summed E-state index contributed by atoms with van der Waals surface area (Å²) in [5, 5.41) is 12.3. The molecule has 0 bridgehead atoms. The van der Waals surface area contributed by atoms with Crippen molar-refractivity contribution in [2.24, 2.45) is 4.99 Å². The molecule has 4 heterocycles. The number of benzene rings is 1. The van der Waals surface area contributed by atoms with E-state index in [-0.39, 0.29) is 6.17 Å². The lowest BCUT2D eigenvalue weighted by molar-refractivity contribution is 0.0193. The topological polar surface area (TPSA) is 71.3 Å². The Kier molecular flexibility index (Phi) is 4.69. The molecule has 5 rings (SSSR count). The molecule has 3 aromatic rings. The number of nitrogens with one attached hydrogen (secondary N) is 1. The molecule has 150 valence electrons. The Balaban J connectivity index is 1.45. The first-order chi connectivity index (χ1) is 14.2. The fourth-order valence-electron chi connectivity index (χ4n) is 3.86. The van der Waals surface area contributed by atoms with Crippen LogP contribution in [0.3, 0.4) is 0 Å². The molecule has 7 nitrogen and oxygen atoms in total. The molecule has 1 unspecified atom stereocenters. The van der Waals surface area contributed by atoms with Gasteiger partial charge in [0.2, 0.25) is 0 Å². The van der Waals surface area contributed by atoms with E-state index in [2.05, 4.69) is 25.2 Å². The van der Waals surface area contributed by atoms with Gasteiger partial charge in [0.15, 0.2) is 0 Å². The van der Waals surface area contributed by atoms with Crippen molar-refractivity contribution < 1.29 is 13.5 Å². The van der Waals surface area contributed by atoms with Crippen molar-refractivity contribution in [2.45, 2.75) is 19.1 Å². The van der Waals surface area contributed by atoms with Gasteiger partial charge in [0.25, 0.3) is 0 Å². The maximum atomic E-state index is 12.9. The molecule has 29 heavy (non-hydrogen) atoms. The van der Waals surface area contributed by atoms with E-state index in [1.54, 1.807) is 0 Å². The predicted octanol–water partition coefficient (Wildman–Crippen LogP) is 3.34. The van der Waals surface area contributed by atoms with Gasteiger partial charge in [0, 0.05) is 42.9 Å². The fourth-order valence-corrected chi connectivity index (χ4v) is 3.86. The van der Waals surface area contributed by atoms with E-state index in [0.717, 1.165) is 60.5 Å². The Hall–Kier alpha value is -2.91. The summed E-state index contributed by atoms with van der Waals surface area (Å²) in [4.78, 5) is 6.95. The van der Waals surface area contributed by atoms with Crippen LogP contribution in [0.5, 0.6) is 0 Å². The summed E-state index contributed by atoms with van der Waals surface area (Å²) in [6, 6.07) is 5.76. The Morgan fingerprint density at radius 1 is 1.17 bits per heavy atom. The van der Waals surface area contributed by atoms with Crippen LogP contribution in [0.4, 0.5) is 8.78 Å². The van der Waals surface area contributed by atoms with Gasteiger partial charge in [0.1, 0.15) is 6.17 Å². The zero-order chi connectivity index (χ0) is 19.8. The summed E-state index contributed by atoms with van der Waals surface area (Å²) >= 11 is 0. The zero-order valence-corrected chi connectivity index (χ0v) is 15.6. The van der Waals surface area contributed by atoms with Gasteiger partial charge < -0.3 is 4.74 Å². The molecule has 9 heteroatoms. The second kappa shape index (κ2) is 7.49. The third-order valence-corrected chi connectivity index (χ3v) is 5.41. The van der Waals surface area contributed by atoms with Crippen LogP contribution < -0.4 is 0 Å². The van der Waals surface area contributed by atoms with E-state index in [1.807, 2.05) is 30.5 Å². The number of dihydropyridines is 1. The molecule has 0 spiro atoms. The third-order valence-electron chi connectivity index (χ3n) is 5.41. The zero-order valence-electron chi connectivity index (χ0n) is 15.6. The lowest BCUT2D eigenvalue weighted by atomic mass is 9.99. The summed E-state index contributed by atoms with van der Waals surface area (Å²) in [5.41, 5.74) is 4.33. The average molecular weight is 398 g/mol. The number of aromatic amines is 1. The summed E-state index contributed by atoms with van der Waals surface area (Å²) in [5.74, 6) is 0. The van der Waals surface area contributed by atoms with Crippen molar-refractivity contribution >= 4 is 22.7 Å². The number of allylic oxidation sites excluding steroid dienone is 1. The Morgan fingerprint density at radius 2 is 2.03 bits per heavy atom. The first kappa shape index (κ1) is 18.1. The van der Waals surface area contributed by atoms with Crippen LogP contribution >= 0.6 is 0 Å². The first-order valence-corrected chi connectivity index (χ1v) is 9.54. The van der Waals surface area contributed by atoms with Crippen LogP contribution in [0.1, 0.15) is 18.7 Å². The molecule has 0 saturated carbocycles. The van der Waals surface area contributed by atoms with Gasteiger partial charge in [-0.2, -0.15) is 19.0 Å². The number of hydrogen-bond acceptors (Lipinski definition) is 5. The van der Waals surface area contributed by atoms with Crippen LogP contribution in [-0.4, -0.2) is 63.6 Å². The van der Waals surface area contributed by atoms with Crippen LogP contribution in [0.2, 0.25) is 0 Å². The van der Waals surface area contributed by atoms with E-state index < -0.39 is 6.55 Å². The minimum absolute atomic E-state index is 0.0816. The van der Waals surface area contributed by atoms with Gasteiger partial charge >= 0.3 is 6.55 Å². The number of aliphatic imine (C=N–C) groups is 1. The number of fused-ring (bicyclic) bond motifs is 1. The van der Waals surface area contributed by atoms with Crippen LogP contribution in [0.15, 0.2) is 41.7 Å². The van der Waals surface area contributed by atoms with E-state index in [4.69, 9.17) is 4.74 Å². The van der Waals surface area contributed by atoms with Gasteiger partial charge in [-0.05, 0) is 29.3 Å². The highest BCUT2D eigenvalue weighted by Crippen LogP contribution is 2.32. The van der Waals surface area contributed by atoms with Crippen molar-refractivity contribution in [1.29, 1.82) is 0 Å². The second-order valence-corrected chi connectivity index (χ2v) is 7.14. The number of alkyl halides is 2. The van der Waals surface area contributed by atoms with Gasteiger partial charge in [-0.3, -0.25) is 15.0 Å². The van der Waals surface area contributed by atoms with E-state index in [1.165, 1.54) is 12.4 Å². The van der Waals surface area contributed by atoms with Gasteiger partial charge in [-0.1, -0.05) is 6.07 Å². The van der Waals surface area contributed by atoms with E-state index in [0.29, 0.717) is 10.2 Å². The molecular weight excluding hydrogens is 378 g/mol. The summed E-state index contributed by atoms with van der Waals surface area (Å²) in [7, 11) is 0. The Bertz CT molecular complexity index is 1080. The first-order valence-electron chi connectivity index (χ1n) is 9.54. The molecule has 1 fully saturated rings. The van der Waals surface area contributed by atoms with Crippen molar-refractivity contribution in [1.82, 2.24) is 24.9 Å². The van der Waals surface area contributed by atoms with Crippen LogP contribution in [0.25, 0.3) is 27.6 Å². The summed E-state index contributed by atoms with van der Waals surface area (Å²) in [6.45, 7) is 0.544. The van der Waals surface area contributed by atoms with Crippen molar-refractivity contribution in [3.8, 4) is 11.1 Å². The van der Waals surface area contributed by atoms with Crippen LogP contribution in [-0.2, 0) is 4.74 Å². The largest absolute Gasteiger partial charge is 0.379 e. The number of aromatic nitrogens is 4. The van der Waals surface area contributed by atoms with Gasteiger partial charge in [-0.15, -0.1) is 0 Å². The molecule has 0 amide bonds. The molecular formula is C20H20F2N6O. The van der Waals surface area contributed by atoms with Crippen molar-refractivity contribution in [3.63, 3.8) is 0 Å². The molecule has 2 aliphatic rings. The monoisotopic (exact) mass is 398 g/mol. The molecule has 1 N–H and O–H groups in total. The van der Waals surface area contributed by atoms with E-state index >= 15 is 0 Å². The maximum absolute atomic E-state index is 12.9. The molecule has 2 aliphatic heterocycles. The number of rotatable bonds is 4. The number of morpholine rings is 1. The average Bonchev–Trinajstić information content (AvgIpc) is 3.42. The lowest BCUT2D eigenvalue weighted by Crippen LogP contribution is -2.43. The Morgan fingerprint density at radius 3 is 2.83 bits per heavy atom. The highest BCUT2D eigenvalue weighted by molar-refractivity contribution is 5.97. The number of H-pyrrole nitrogens is 1. The standard InChI is InChI=1S/C20H20F2N6O/c21-20(22)28-12-15(11-24-28)13-1-2-17-16(9-13)19(26-25-17)14-3-4-23-18(10-14)27-5-7-29-8-6-27/h1-4,9,11-12,18,20H,5-8,10H2,(H,25,26). The molecule has 0 aliphatic carbocycles. The molecule has 1 saturated heterocycles.